The minimum absolute atomic E-state index is 0.118. The second kappa shape index (κ2) is 10.8. The fourth-order valence-corrected chi connectivity index (χ4v) is 5.17. The zero-order valence-electron chi connectivity index (χ0n) is 20.7. The van der Waals surface area contributed by atoms with Crippen LogP contribution in [0, 0.1) is 12.8 Å². The number of anilines is 1. The second-order valence-electron chi connectivity index (χ2n) is 9.35. The highest BCUT2D eigenvalue weighted by Gasteiger charge is 2.16. The van der Waals surface area contributed by atoms with Crippen LogP contribution >= 0.6 is 11.6 Å². The Morgan fingerprint density at radius 2 is 1.94 bits per heavy atom. The Balaban J connectivity index is 1.44. The molecule has 7 nitrogen and oxygen atoms in total. The summed E-state index contributed by atoms with van der Waals surface area (Å²) in [6.45, 7) is 7.42. The zero-order valence-corrected chi connectivity index (χ0v) is 21.5. The first kappa shape index (κ1) is 24.4. The molecule has 2 N–H and O–H groups in total. The van der Waals surface area contributed by atoms with E-state index in [0.717, 1.165) is 54.3 Å². The van der Waals surface area contributed by atoms with Crippen LogP contribution in [0.15, 0.2) is 53.5 Å². The number of rotatable bonds is 7. The van der Waals surface area contributed by atoms with Gasteiger partial charge in [0.05, 0.1) is 5.69 Å². The highest BCUT2D eigenvalue weighted by molar-refractivity contribution is 6.33. The standard InChI is InChI=1S/C28H31ClN6O/c1-3-35-26-21(17-32-28(34-26)31-14-11-19-9-12-30-13-10-19)15-23(27(35)36)22-8-7-20(16-24(22)29)25-6-4-5-18(2)33-25/h4-8,15-17,19,30H,3,9-14H2,1-2H3,(H,31,32,34). The van der Waals surface area contributed by atoms with E-state index < -0.39 is 0 Å². The fourth-order valence-electron chi connectivity index (χ4n) is 4.89. The number of nitrogens with zero attached hydrogens (tertiary/aromatic N) is 4. The minimum atomic E-state index is -0.118. The number of halogens is 1. The highest BCUT2D eigenvalue weighted by atomic mass is 35.5. The van der Waals surface area contributed by atoms with Crippen LogP contribution in [-0.2, 0) is 6.54 Å². The van der Waals surface area contributed by atoms with Crippen molar-refractivity contribution in [2.24, 2.45) is 5.92 Å². The molecule has 0 spiro atoms. The summed E-state index contributed by atoms with van der Waals surface area (Å²) in [4.78, 5) is 27.3. The maximum Gasteiger partial charge on any atom is 0.260 e. The number of nitrogens with one attached hydrogen (secondary N) is 2. The van der Waals surface area contributed by atoms with Crippen LogP contribution in [0.3, 0.4) is 0 Å². The van der Waals surface area contributed by atoms with Crippen molar-refractivity contribution < 1.29 is 0 Å². The fraction of sp³-hybridized carbons (Fsp3) is 0.357. The summed E-state index contributed by atoms with van der Waals surface area (Å²) in [5.41, 5.74) is 4.43. The number of piperidine rings is 1. The van der Waals surface area contributed by atoms with E-state index >= 15 is 0 Å². The normalized spacial score (nSPS) is 14.3. The molecule has 1 aliphatic rings. The Bertz CT molecular complexity index is 1440. The second-order valence-corrected chi connectivity index (χ2v) is 9.75. The molecule has 4 aromatic rings. The van der Waals surface area contributed by atoms with Crippen LogP contribution < -0.4 is 16.2 Å². The topological polar surface area (TPSA) is 84.7 Å². The van der Waals surface area contributed by atoms with Crippen molar-refractivity contribution in [1.29, 1.82) is 0 Å². The molecule has 0 radical (unpaired) electrons. The molecule has 1 aliphatic heterocycles. The number of hydrogen-bond donors (Lipinski definition) is 2. The predicted octanol–water partition coefficient (Wildman–Crippen LogP) is 5.30. The first-order valence-electron chi connectivity index (χ1n) is 12.6. The molecule has 8 heteroatoms. The maximum atomic E-state index is 13.5. The van der Waals surface area contributed by atoms with Crippen LogP contribution in [0.4, 0.5) is 5.95 Å². The average molecular weight is 503 g/mol. The summed E-state index contributed by atoms with van der Waals surface area (Å²) in [7, 11) is 0. The van der Waals surface area contributed by atoms with Gasteiger partial charge in [-0.05, 0) is 76.4 Å². The van der Waals surface area contributed by atoms with Crippen LogP contribution in [0.2, 0.25) is 5.02 Å². The van der Waals surface area contributed by atoms with Gasteiger partial charge in [-0.3, -0.25) is 14.3 Å². The number of benzene rings is 1. The van der Waals surface area contributed by atoms with Crippen molar-refractivity contribution in [2.45, 2.75) is 39.7 Å². The average Bonchev–Trinajstić information content (AvgIpc) is 2.89. The Labute approximate surface area is 216 Å². The number of fused-ring (bicyclic) bond motifs is 1. The van der Waals surface area contributed by atoms with Gasteiger partial charge >= 0.3 is 0 Å². The molecule has 0 amide bonds. The minimum Gasteiger partial charge on any atom is -0.354 e. The highest BCUT2D eigenvalue weighted by Crippen LogP contribution is 2.31. The molecule has 0 unspecified atom stereocenters. The summed E-state index contributed by atoms with van der Waals surface area (Å²) < 4.78 is 1.69. The Morgan fingerprint density at radius 3 is 2.69 bits per heavy atom. The van der Waals surface area contributed by atoms with E-state index in [1.807, 2.05) is 56.3 Å². The molecule has 36 heavy (non-hydrogen) atoms. The largest absolute Gasteiger partial charge is 0.354 e. The van der Waals surface area contributed by atoms with E-state index in [-0.39, 0.29) is 5.56 Å². The molecule has 4 heterocycles. The molecule has 0 saturated carbocycles. The number of pyridine rings is 2. The summed E-state index contributed by atoms with van der Waals surface area (Å²) >= 11 is 6.70. The third kappa shape index (κ3) is 5.13. The third-order valence-corrected chi connectivity index (χ3v) is 7.19. The molecule has 1 fully saturated rings. The zero-order chi connectivity index (χ0) is 25.1. The summed E-state index contributed by atoms with van der Waals surface area (Å²) in [5, 5.41) is 8.06. The molecule has 0 atom stereocenters. The van der Waals surface area contributed by atoms with Gasteiger partial charge in [0.15, 0.2) is 0 Å². The van der Waals surface area contributed by atoms with Crippen molar-refractivity contribution in [2.75, 3.05) is 25.0 Å². The van der Waals surface area contributed by atoms with Gasteiger partial charge in [-0.1, -0.05) is 29.8 Å². The summed E-state index contributed by atoms with van der Waals surface area (Å²) in [5.74, 6) is 1.28. The van der Waals surface area contributed by atoms with Crippen molar-refractivity contribution in [3.05, 3.63) is 69.7 Å². The van der Waals surface area contributed by atoms with Crippen molar-refractivity contribution in [3.63, 3.8) is 0 Å². The van der Waals surface area contributed by atoms with Crippen molar-refractivity contribution >= 4 is 28.6 Å². The number of hydrogen-bond acceptors (Lipinski definition) is 6. The van der Waals surface area contributed by atoms with Gasteiger partial charge in [0.1, 0.15) is 5.65 Å². The SMILES string of the molecule is CCn1c(=O)c(-c2ccc(-c3cccc(C)n3)cc2Cl)cc2cnc(NCCC3CCNCC3)nc21. The molecule has 1 saturated heterocycles. The predicted molar refractivity (Wildman–Crippen MR) is 147 cm³/mol. The smallest absolute Gasteiger partial charge is 0.260 e. The molecule has 1 aromatic carbocycles. The van der Waals surface area contributed by atoms with E-state index in [1.54, 1.807) is 10.8 Å². The molecule has 0 bridgehead atoms. The molecule has 3 aromatic heterocycles. The lowest BCUT2D eigenvalue weighted by Crippen LogP contribution is -2.28. The quantitative estimate of drug-likeness (QED) is 0.356. The van der Waals surface area contributed by atoms with Crippen LogP contribution in [-0.4, -0.2) is 39.2 Å². The monoisotopic (exact) mass is 502 g/mol. The van der Waals surface area contributed by atoms with Crippen molar-refractivity contribution in [1.82, 2.24) is 24.8 Å². The van der Waals surface area contributed by atoms with Gasteiger partial charge in [-0.15, -0.1) is 0 Å². The Hall–Kier alpha value is -3.29. The van der Waals surface area contributed by atoms with E-state index in [2.05, 4.69) is 20.6 Å². The summed E-state index contributed by atoms with van der Waals surface area (Å²) in [6, 6.07) is 13.4. The Morgan fingerprint density at radius 1 is 1.11 bits per heavy atom. The lowest BCUT2D eigenvalue weighted by molar-refractivity contribution is 0.361. The van der Waals surface area contributed by atoms with E-state index in [0.29, 0.717) is 34.3 Å². The van der Waals surface area contributed by atoms with Gasteiger partial charge < -0.3 is 10.6 Å². The molecule has 5 rings (SSSR count). The van der Waals surface area contributed by atoms with Gasteiger partial charge in [0.25, 0.3) is 5.56 Å². The van der Waals surface area contributed by atoms with Crippen LogP contribution in [0.1, 0.15) is 31.9 Å². The lowest BCUT2D eigenvalue weighted by Gasteiger charge is -2.22. The van der Waals surface area contributed by atoms with Gasteiger partial charge in [0, 0.05) is 52.1 Å². The molecular weight excluding hydrogens is 472 g/mol. The maximum absolute atomic E-state index is 13.5. The molecular formula is C28H31ClN6O. The number of aryl methyl sites for hydroxylation is 2. The first-order valence-corrected chi connectivity index (χ1v) is 13.0. The van der Waals surface area contributed by atoms with Crippen LogP contribution in [0.25, 0.3) is 33.4 Å². The lowest BCUT2D eigenvalue weighted by atomic mass is 9.95. The van der Waals surface area contributed by atoms with Gasteiger partial charge in [0.2, 0.25) is 5.95 Å². The Kier molecular flexibility index (Phi) is 7.30. The van der Waals surface area contributed by atoms with E-state index in [1.165, 1.54) is 12.8 Å². The molecule has 186 valence electrons. The van der Waals surface area contributed by atoms with Crippen LogP contribution in [0.5, 0.6) is 0 Å². The van der Waals surface area contributed by atoms with Gasteiger partial charge in [-0.25, -0.2) is 4.98 Å². The summed E-state index contributed by atoms with van der Waals surface area (Å²) in [6.07, 6.45) is 5.30. The molecule has 0 aliphatic carbocycles. The third-order valence-electron chi connectivity index (χ3n) is 6.88. The van der Waals surface area contributed by atoms with E-state index in [4.69, 9.17) is 16.6 Å². The number of aromatic nitrogens is 4. The first-order chi connectivity index (χ1) is 17.5. The van der Waals surface area contributed by atoms with E-state index in [9.17, 15) is 4.79 Å². The van der Waals surface area contributed by atoms with Gasteiger partial charge in [-0.2, -0.15) is 4.98 Å². The van der Waals surface area contributed by atoms with Crippen molar-refractivity contribution in [3.8, 4) is 22.4 Å².